The third-order valence-electron chi connectivity index (χ3n) is 3.05. The van der Waals surface area contributed by atoms with E-state index >= 15 is 0 Å². The second kappa shape index (κ2) is 7.22. The van der Waals surface area contributed by atoms with Gasteiger partial charge in [0.15, 0.2) is 0 Å². The highest BCUT2D eigenvalue weighted by Crippen LogP contribution is 2.27. The number of thioether (sulfide) groups is 1. The van der Waals surface area contributed by atoms with Crippen molar-refractivity contribution in [2.24, 2.45) is 0 Å². The smallest absolute Gasteiger partial charge is 0.124 e. The van der Waals surface area contributed by atoms with Gasteiger partial charge in [-0.1, -0.05) is 24.3 Å². The minimum absolute atomic E-state index is 0.0481. The summed E-state index contributed by atoms with van der Waals surface area (Å²) >= 11 is 1.80. The SMILES string of the molecule is CC(NCCSc1ccccc1)c1ccc(O)cc1O. The molecular weight excluding hydrogens is 270 g/mol. The van der Waals surface area contributed by atoms with Crippen LogP contribution in [-0.4, -0.2) is 22.5 Å². The molecule has 3 nitrogen and oxygen atoms in total. The Hall–Kier alpha value is -1.65. The first-order chi connectivity index (χ1) is 9.66. The molecule has 0 bridgehead atoms. The average molecular weight is 289 g/mol. The molecule has 4 heteroatoms. The van der Waals surface area contributed by atoms with Crippen LogP contribution in [0.3, 0.4) is 0 Å². The van der Waals surface area contributed by atoms with Gasteiger partial charge in [-0.15, -0.1) is 11.8 Å². The molecule has 0 fully saturated rings. The molecule has 3 N–H and O–H groups in total. The minimum Gasteiger partial charge on any atom is -0.508 e. The van der Waals surface area contributed by atoms with Crippen molar-refractivity contribution in [3.8, 4) is 11.5 Å². The molecule has 0 saturated heterocycles. The van der Waals surface area contributed by atoms with Gasteiger partial charge < -0.3 is 15.5 Å². The van der Waals surface area contributed by atoms with Crippen molar-refractivity contribution >= 4 is 11.8 Å². The van der Waals surface area contributed by atoms with Crippen molar-refractivity contribution in [2.45, 2.75) is 17.9 Å². The summed E-state index contributed by atoms with van der Waals surface area (Å²) < 4.78 is 0. The average Bonchev–Trinajstić information content (AvgIpc) is 2.44. The van der Waals surface area contributed by atoms with Crippen molar-refractivity contribution < 1.29 is 10.2 Å². The molecule has 0 aliphatic rings. The molecule has 0 saturated carbocycles. The van der Waals surface area contributed by atoms with Gasteiger partial charge in [0.25, 0.3) is 0 Å². The lowest BCUT2D eigenvalue weighted by molar-refractivity contribution is 0.437. The Balaban J connectivity index is 1.79. The van der Waals surface area contributed by atoms with Crippen LogP contribution >= 0.6 is 11.8 Å². The van der Waals surface area contributed by atoms with E-state index < -0.39 is 0 Å². The summed E-state index contributed by atoms with van der Waals surface area (Å²) in [6.45, 7) is 2.85. The lowest BCUT2D eigenvalue weighted by Gasteiger charge is -2.15. The summed E-state index contributed by atoms with van der Waals surface area (Å²) in [6.07, 6.45) is 0. The van der Waals surface area contributed by atoms with Crippen LogP contribution in [0.1, 0.15) is 18.5 Å². The third-order valence-corrected chi connectivity index (χ3v) is 4.06. The van der Waals surface area contributed by atoms with Crippen molar-refractivity contribution in [3.63, 3.8) is 0 Å². The number of benzene rings is 2. The number of hydrogen-bond donors (Lipinski definition) is 3. The standard InChI is InChI=1S/C16H19NO2S/c1-12(15-8-7-13(18)11-16(15)19)17-9-10-20-14-5-3-2-4-6-14/h2-8,11-12,17-19H,9-10H2,1H3. The van der Waals surface area contributed by atoms with E-state index in [1.807, 2.05) is 25.1 Å². The van der Waals surface area contributed by atoms with Crippen LogP contribution in [0.15, 0.2) is 53.4 Å². The summed E-state index contributed by atoms with van der Waals surface area (Å²) in [5.41, 5.74) is 0.799. The molecule has 0 aromatic heterocycles. The minimum atomic E-state index is 0.0481. The van der Waals surface area contributed by atoms with Gasteiger partial charge in [-0.2, -0.15) is 0 Å². The lowest BCUT2D eigenvalue weighted by atomic mass is 10.1. The highest BCUT2D eigenvalue weighted by molar-refractivity contribution is 7.99. The topological polar surface area (TPSA) is 52.5 Å². The van der Waals surface area contributed by atoms with E-state index in [0.29, 0.717) is 0 Å². The normalized spacial score (nSPS) is 12.2. The van der Waals surface area contributed by atoms with E-state index in [0.717, 1.165) is 17.9 Å². The number of aromatic hydroxyl groups is 2. The Bertz CT molecular complexity index is 545. The highest BCUT2D eigenvalue weighted by atomic mass is 32.2. The van der Waals surface area contributed by atoms with Crippen molar-refractivity contribution in [1.29, 1.82) is 0 Å². The molecule has 0 aliphatic carbocycles. The summed E-state index contributed by atoms with van der Waals surface area (Å²) in [7, 11) is 0. The van der Waals surface area contributed by atoms with Gasteiger partial charge >= 0.3 is 0 Å². The predicted molar refractivity (Wildman–Crippen MR) is 83.4 cm³/mol. The highest BCUT2D eigenvalue weighted by Gasteiger charge is 2.10. The zero-order valence-corrected chi connectivity index (χ0v) is 12.2. The molecular formula is C16H19NO2S. The van der Waals surface area contributed by atoms with Gasteiger partial charge in [-0.25, -0.2) is 0 Å². The lowest BCUT2D eigenvalue weighted by Crippen LogP contribution is -2.21. The largest absolute Gasteiger partial charge is 0.508 e. The second-order valence-corrected chi connectivity index (χ2v) is 5.75. The van der Waals surface area contributed by atoms with E-state index in [1.165, 1.54) is 11.0 Å². The Kier molecular flexibility index (Phi) is 5.32. The first-order valence-electron chi connectivity index (χ1n) is 6.60. The van der Waals surface area contributed by atoms with Crippen LogP contribution in [-0.2, 0) is 0 Å². The Morgan fingerprint density at radius 2 is 1.85 bits per heavy atom. The van der Waals surface area contributed by atoms with Crippen LogP contribution in [0.25, 0.3) is 0 Å². The number of hydrogen-bond acceptors (Lipinski definition) is 4. The molecule has 2 aromatic rings. The maximum absolute atomic E-state index is 9.79. The molecule has 106 valence electrons. The van der Waals surface area contributed by atoms with E-state index in [9.17, 15) is 10.2 Å². The predicted octanol–water partition coefficient (Wildman–Crippen LogP) is 3.54. The van der Waals surface area contributed by atoms with Gasteiger partial charge in [-0.05, 0) is 25.1 Å². The number of phenols is 2. The maximum Gasteiger partial charge on any atom is 0.124 e. The van der Waals surface area contributed by atoms with Crippen LogP contribution in [0, 0.1) is 0 Å². The fraction of sp³-hybridized carbons (Fsp3) is 0.250. The quantitative estimate of drug-likeness (QED) is 0.562. The number of rotatable bonds is 6. The van der Waals surface area contributed by atoms with Crippen LogP contribution in [0.2, 0.25) is 0 Å². The van der Waals surface area contributed by atoms with Gasteiger partial charge in [0, 0.05) is 34.9 Å². The number of nitrogens with one attached hydrogen (secondary N) is 1. The summed E-state index contributed by atoms with van der Waals surface area (Å²) in [4.78, 5) is 1.26. The molecule has 0 spiro atoms. The molecule has 2 aromatic carbocycles. The first kappa shape index (κ1) is 14.8. The summed E-state index contributed by atoms with van der Waals surface area (Å²) in [5, 5.41) is 22.4. The molecule has 2 rings (SSSR count). The molecule has 0 amide bonds. The van der Waals surface area contributed by atoms with Crippen LogP contribution in [0.5, 0.6) is 11.5 Å². The van der Waals surface area contributed by atoms with Crippen molar-refractivity contribution in [3.05, 3.63) is 54.1 Å². The summed E-state index contributed by atoms with van der Waals surface area (Å²) in [6, 6.07) is 15.0. The van der Waals surface area contributed by atoms with E-state index in [2.05, 4.69) is 17.4 Å². The molecule has 1 atom stereocenters. The van der Waals surface area contributed by atoms with E-state index in [1.54, 1.807) is 23.9 Å². The van der Waals surface area contributed by atoms with Crippen LogP contribution in [0.4, 0.5) is 0 Å². The van der Waals surface area contributed by atoms with E-state index in [4.69, 9.17) is 0 Å². The first-order valence-corrected chi connectivity index (χ1v) is 7.58. The third kappa shape index (κ3) is 4.18. The fourth-order valence-corrected chi connectivity index (χ4v) is 2.77. The van der Waals surface area contributed by atoms with Gasteiger partial charge in [0.05, 0.1) is 0 Å². The zero-order chi connectivity index (χ0) is 14.4. The molecule has 0 radical (unpaired) electrons. The molecule has 20 heavy (non-hydrogen) atoms. The Morgan fingerprint density at radius 3 is 2.55 bits per heavy atom. The zero-order valence-electron chi connectivity index (χ0n) is 11.4. The van der Waals surface area contributed by atoms with Gasteiger partial charge in [0.2, 0.25) is 0 Å². The Morgan fingerprint density at radius 1 is 1.10 bits per heavy atom. The second-order valence-electron chi connectivity index (χ2n) is 4.58. The van der Waals surface area contributed by atoms with E-state index in [-0.39, 0.29) is 17.5 Å². The monoisotopic (exact) mass is 289 g/mol. The van der Waals surface area contributed by atoms with Crippen molar-refractivity contribution in [1.82, 2.24) is 5.32 Å². The maximum atomic E-state index is 9.79. The molecule has 0 heterocycles. The van der Waals surface area contributed by atoms with Gasteiger partial charge in [-0.3, -0.25) is 0 Å². The Labute approximate surface area is 123 Å². The number of phenolic OH excluding ortho intramolecular Hbond substituents is 2. The fourth-order valence-electron chi connectivity index (χ4n) is 1.97. The molecule has 0 aliphatic heterocycles. The summed E-state index contributed by atoms with van der Waals surface area (Å²) in [5.74, 6) is 1.17. The van der Waals surface area contributed by atoms with Crippen LogP contribution < -0.4 is 5.32 Å². The van der Waals surface area contributed by atoms with Gasteiger partial charge in [0.1, 0.15) is 11.5 Å². The molecule has 1 unspecified atom stereocenters. The van der Waals surface area contributed by atoms with Crippen molar-refractivity contribution in [2.75, 3.05) is 12.3 Å².